The number of guanidine groups is 1. The number of nitrogens with zero attached hydrogens (tertiary/aromatic N) is 5. The summed E-state index contributed by atoms with van der Waals surface area (Å²) in [6.07, 6.45) is 3.75. The molecule has 0 amide bonds. The fourth-order valence-electron chi connectivity index (χ4n) is 2.96. The zero-order valence-electron chi connectivity index (χ0n) is 14.3. The van der Waals surface area contributed by atoms with Crippen LogP contribution in [-0.4, -0.2) is 40.4 Å². The lowest BCUT2D eigenvalue weighted by molar-refractivity contribution is 0.664. The van der Waals surface area contributed by atoms with Gasteiger partial charge in [-0.3, -0.25) is 4.99 Å². The van der Waals surface area contributed by atoms with Gasteiger partial charge in [-0.2, -0.15) is 0 Å². The summed E-state index contributed by atoms with van der Waals surface area (Å²) in [5.74, 6) is 1.97. The van der Waals surface area contributed by atoms with Gasteiger partial charge in [0, 0.05) is 31.7 Å². The molecular formula is C17H25IN6. The molecule has 24 heavy (non-hydrogen) atoms. The maximum absolute atomic E-state index is 4.80. The van der Waals surface area contributed by atoms with E-state index in [1.165, 1.54) is 11.3 Å². The topological polar surface area (TPSA) is 58.3 Å². The number of aliphatic imine (C=N–C) groups is 1. The predicted octanol–water partition coefficient (Wildman–Crippen LogP) is 2.49. The van der Waals surface area contributed by atoms with Gasteiger partial charge >= 0.3 is 0 Å². The highest BCUT2D eigenvalue weighted by Crippen LogP contribution is 2.27. The largest absolute Gasteiger partial charge is 0.356 e. The summed E-state index contributed by atoms with van der Waals surface area (Å²) in [7, 11) is 0. The van der Waals surface area contributed by atoms with Crippen molar-refractivity contribution in [3.63, 3.8) is 0 Å². The molecule has 2 aromatic rings. The number of nitrogens with one attached hydrogen (secondary N) is 1. The van der Waals surface area contributed by atoms with Gasteiger partial charge in [-0.1, -0.05) is 25.1 Å². The summed E-state index contributed by atoms with van der Waals surface area (Å²) < 4.78 is 2.07. The zero-order chi connectivity index (χ0) is 16.1. The Kier molecular flexibility index (Phi) is 7.01. The van der Waals surface area contributed by atoms with Crippen molar-refractivity contribution in [1.82, 2.24) is 20.1 Å². The monoisotopic (exact) mass is 440 g/mol. The Morgan fingerprint density at radius 2 is 2.12 bits per heavy atom. The SMILES string of the molecule is CCNC(=NCCn1cnnc1CC)N1CCc2ccccc21.I. The summed E-state index contributed by atoms with van der Waals surface area (Å²) in [6, 6.07) is 8.56. The van der Waals surface area contributed by atoms with E-state index in [1.807, 2.05) is 0 Å². The van der Waals surface area contributed by atoms with E-state index in [-0.39, 0.29) is 24.0 Å². The Morgan fingerprint density at radius 1 is 1.29 bits per heavy atom. The van der Waals surface area contributed by atoms with Crippen molar-refractivity contribution in [3.05, 3.63) is 42.0 Å². The highest BCUT2D eigenvalue weighted by molar-refractivity contribution is 14.0. The van der Waals surface area contributed by atoms with Gasteiger partial charge in [-0.15, -0.1) is 34.2 Å². The highest BCUT2D eigenvalue weighted by Gasteiger charge is 2.22. The van der Waals surface area contributed by atoms with Crippen molar-refractivity contribution in [2.24, 2.45) is 4.99 Å². The van der Waals surface area contributed by atoms with Gasteiger partial charge in [0.25, 0.3) is 0 Å². The molecule has 0 atom stereocenters. The van der Waals surface area contributed by atoms with Crippen molar-refractivity contribution >= 4 is 35.6 Å². The quantitative estimate of drug-likeness (QED) is 0.441. The smallest absolute Gasteiger partial charge is 0.198 e. The molecular weight excluding hydrogens is 415 g/mol. The van der Waals surface area contributed by atoms with Crippen LogP contribution in [0, 0.1) is 0 Å². The Morgan fingerprint density at radius 3 is 2.92 bits per heavy atom. The Hall–Kier alpha value is -1.64. The van der Waals surface area contributed by atoms with Gasteiger partial charge in [0.05, 0.1) is 6.54 Å². The fraction of sp³-hybridized carbons (Fsp3) is 0.471. The minimum absolute atomic E-state index is 0. The number of halogens is 1. The summed E-state index contributed by atoms with van der Waals surface area (Å²) in [5.41, 5.74) is 2.66. The van der Waals surface area contributed by atoms with Crippen LogP contribution in [-0.2, 0) is 19.4 Å². The molecule has 0 saturated carbocycles. The molecule has 0 bridgehead atoms. The molecule has 1 aromatic heterocycles. The third kappa shape index (κ3) is 4.06. The van der Waals surface area contributed by atoms with Crippen LogP contribution in [0.2, 0.25) is 0 Å². The van der Waals surface area contributed by atoms with Crippen LogP contribution in [0.25, 0.3) is 0 Å². The molecule has 1 aliphatic heterocycles. The molecule has 0 radical (unpaired) electrons. The number of fused-ring (bicyclic) bond motifs is 1. The first-order valence-electron chi connectivity index (χ1n) is 8.34. The summed E-state index contributed by atoms with van der Waals surface area (Å²) in [6.45, 7) is 7.57. The second kappa shape index (κ2) is 9.00. The minimum atomic E-state index is 0. The number of rotatable bonds is 5. The molecule has 2 heterocycles. The van der Waals surface area contributed by atoms with E-state index in [0.717, 1.165) is 44.3 Å². The van der Waals surface area contributed by atoms with Crippen LogP contribution in [0.3, 0.4) is 0 Å². The predicted molar refractivity (Wildman–Crippen MR) is 108 cm³/mol. The minimum Gasteiger partial charge on any atom is -0.356 e. The van der Waals surface area contributed by atoms with Crippen molar-refractivity contribution in [3.8, 4) is 0 Å². The molecule has 0 fully saturated rings. The standard InChI is InChI=1S/C17H24N6.HI/c1-3-16-21-20-13-22(16)12-10-19-17(18-4-2)23-11-9-14-7-5-6-8-15(14)23;/h5-8,13H,3-4,9-12H2,1-2H3,(H,18,19);1H. The number of hydrogen-bond donors (Lipinski definition) is 1. The average Bonchev–Trinajstić information content (AvgIpc) is 3.20. The van der Waals surface area contributed by atoms with E-state index in [2.05, 4.69) is 63.1 Å². The lowest BCUT2D eigenvalue weighted by Crippen LogP contribution is -2.40. The van der Waals surface area contributed by atoms with Gasteiger partial charge in [0.2, 0.25) is 0 Å². The van der Waals surface area contributed by atoms with E-state index < -0.39 is 0 Å². The van der Waals surface area contributed by atoms with Crippen molar-refractivity contribution < 1.29 is 0 Å². The third-order valence-electron chi connectivity index (χ3n) is 4.09. The van der Waals surface area contributed by atoms with Gasteiger partial charge in [0.15, 0.2) is 5.96 Å². The molecule has 130 valence electrons. The first-order valence-corrected chi connectivity index (χ1v) is 8.34. The molecule has 0 spiro atoms. The zero-order valence-corrected chi connectivity index (χ0v) is 16.6. The molecule has 7 heteroatoms. The summed E-state index contributed by atoms with van der Waals surface area (Å²) in [4.78, 5) is 7.08. The average molecular weight is 440 g/mol. The van der Waals surface area contributed by atoms with E-state index in [0.29, 0.717) is 6.54 Å². The van der Waals surface area contributed by atoms with Gasteiger partial charge in [-0.05, 0) is 25.0 Å². The second-order valence-electron chi connectivity index (χ2n) is 5.56. The summed E-state index contributed by atoms with van der Waals surface area (Å²) >= 11 is 0. The van der Waals surface area contributed by atoms with E-state index in [4.69, 9.17) is 4.99 Å². The first kappa shape index (κ1) is 18.7. The van der Waals surface area contributed by atoms with Crippen LogP contribution in [0.5, 0.6) is 0 Å². The Labute approximate surface area is 160 Å². The molecule has 0 aliphatic carbocycles. The maximum Gasteiger partial charge on any atom is 0.198 e. The number of hydrogen-bond acceptors (Lipinski definition) is 3. The van der Waals surface area contributed by atoms with E-state index in [9.17, 15) is 0 Å². The third-order valence-corrected chi connectivity index (χ3v) is 4.09. The molecule has 1 N–H and O–H groups in total. The number of para-hydroxylation sites is 1. The van der Waals surface area contributed by atoms with Gasteiger partial charge < -0.3 is 14.8 Å². The van der Waals surface area contributed by atoms with Crippen molar-refractivity contribution in [2.45, 2.75) is 33.2 Å². The molecule has 6 nitrogen and oxygen atoms in total. The van der Waals surface area contributed by atoms with Gasteiger partial charge in [0.1, 0.15) is 12.2 Å². The van der Waals surface area contributed by atoms with Crippen LogP contribution >= 0.6 is 24.0 Å². The first-order chi connectivity index (χ1) is 11.3. The van der Waals surface area contributed by atoms with Crippen LogP contribution in [0.1, 0.15) is 25.2 Å². The fourth-order valence-corrected chi connectivity index (χ4v) is 2.96. The normalized spacial score (nSPS) is 13.6. The maximum atomic E-state index is 4.80. The Bertz CT molecular complexity index is 681. The van der Waals surface area contributed by atoms with Crippen LogP contribution in [0.15, 0.2) is 35.6 Å². The van der Waals surface area contributed by atoms with Crippen LogP contribution in [0.4, 0.5) is 5.69 Å². The molecule has 3 rings (SSSR count). The van der Waals surface area contributed by atoms with E-state index in [1.54, 1.807) is 6.33 Å². The lowest BCUT2D eigenvalue weighted by atomic mass is 10.2. The second-order valence-corrected chi connectivity index (χ2v) is 5.56. The Balaban J connectivity index is 0.00000208. The summed E-state index contributed by atoms with van der Waals surface area (Å²) in [5, 5.41) is 11.5. The van der Waals surface area contributed by atoms with Crippen molar-refractivity contribution in [2.75, 3.05) is 24.5 Å². The highest BCUT2D eigenvalue weighted by atomic mass is 127. The van der Waals surface area contributed by atoms with E-state index >= 15 is 0 Å². The molecule has 0 unspecified atom stereocenters. The number of aryl methyl sites for hydroxylation is 1. The molecule has 1 aromatic carbocycles. The number of benzene rings is 1. The van der Waals surface area contributed by atoms with Crippen LogP contribution < -0.4 is 10.2 Å². The number of anilines is 1. The van der Waals surface area contributed by atoms with Gasteiger partial charge in [-0.25, -0.2) is 0 Å². The van der Waals surface area contributed by atoms with Crippen molar-refractivity contribution in [1.29, 1.82) is 0 Å². The molecule has 1 aliphatic rings. The number of aromatic nitrogens is 3. The molecule has 0 saturated heterocycles. The lowest BCUT2D eigenvalue weighted by Gasteiger charge is -2.22.